The van der Waals surface area contributed by atoms with Gasteiger partial charge < -0.3 is 10.0 Å². The summed E-state index contributed by atoms with van der Waals surface area (Å²) >= 11 is 5.47. The van der Waals surface area contributed by atoms with Gasteiger partial charge >= 0.3 is 5.97 Å². The Kier molecular flexibility index (Phi) is 4.26. The number of likely N-dealkylation sites (tertiary alicyclic amines) is 1. The number of aliphatic carboxylic acids is 1. The first-order valence-electron chi connectivity index (χ1n) is 5.49. The molecule has 1 amide bonds. The predicted molar refractivity (Wildman–Crippen MR) is 78.6 cm³/mol. The van der Waals surface area contributed by atoms with Gasteiger partial charge in [0.05, 0.1) is 5.56 Å². The fourth-order valence-corrected chi connectivity index (χ4v) is 2.99. The fourth-order valence-electron chi connectivity index (χ4n) is 2.08. The Morgan fingerprint density at radius 3 is 2.83 bits per heavy atom. The molecule has 0 saturated carbocycles. The Labute approximate surface area is 127 Å². The van der Waals surface area contributed by atoms with Crippen molar-refractivity contribution in [1.29, 1.82) is 0 Å². The number of amides is 1. The Bertz CT molecular complexity index is 506. The first-order chi connectivity index (χ1) is 8.50. The van der Waals surface area contributed by atoms with Crippen LogP contribution in [0.5, 0.6) is 0 Å². The zero-order chi connectivity index (χ0) is 13.3. The summed E-state index contributed by atoms with van der Waals surface area (Å²) in [5.41, 5.74) is 0.523. The lowest BCUT2D eigenvalue weighted by Crippen LogP contribution is -2.40. The van der Waals surface area contributed by atoms with Gasteiger partial charge in [-0.05, 0) is 69.6 Å². The van der Waals surface area contributed by atoms with Crippen LogP contribution >= 0.6 is 38.5 Å². The van der Waals surface area contributed by atoms with Gasteiger partial charge in [0.15, 0.2) is 0 Å². The van der Waals surface area contributed by atoms with Crippen molar-refractivity contribution in [2.75, 3.05) is 6.54 Å². The topological polar surface area (TPSA) is 57.6 Å². The molecule has 1 aromatic rings. The number of carbonyl (C=O) groups excluding carboxylic acids is 1. The van der Waals surface area contributed by atoms with Gasteiger partial charge in [0.25, 0.3) is 5.91 Å². The molecule has 2 rings (SSSR count). The Morgan fingerprint density at radius 1 is 1.44 bits per heavy atom. The number of hydrogen-bond acceptors (Lipinski definition) is 2. The highest BCUT2D eigenvalue weighted by Gasteiger charge is 2.34. The molecule has 1 N–H and O–H groups in total. The standard InChI is InChI=1S/C12H11BrINO3/c13-9-4-3-7(14)6-8(9)11(16)15-5-1-2-10(15)12(17)18/h3-4,6,10H,1-2,5H2,(H,17,18). The summed E-state index contributed by atoms with van der Waals surface area (Å²) in [5.74, 6) is -1.15. The van der Waals surface area contributed by atoms with E-state index in [0.717, 1.165) is 9.99 Å². The van der Waals surface area contributed by atoms with Crippen LogP contribution in [-0.2, 0) is 4.79 Å². The molecule has 1 saturated heterocycles. The van der Waals surface area contributed by atoms with Crippen molar-refractivity contribution in [3.63, 3.8) is 0 Å². The summed E-state index contributed by atoms with van der Waals surface area (Å²) in [6.07, 6.45) is 1.27. The summed E-state index contributed by atoms with van der Waals surface area (Å²) in [4.78, 5) is 24.9. The second-order valence-corrected chi connectivity index (χ2v) is 6.22. The lowest BCUT2D eigenvalue weighted by atomic mass is 10.1. The van der Waals surface area contributed by atoms with Gasteiger partial charge in [-0.3, -0.25) is 4.79 Å². The molecular weight excluding hydrogens is 413 g/mol. The van der Waals surface area contributed by atoms with Crippen LogP contribution in [0.3, 0.4) is 0 Å². The highest BCUT2D eigenvalue weighted by atomic mass is 127. The number of rotatable bonds is 2. The second kappa shape index (κ2) is 5.56. The van der Waals surface area contributed by atoms with Crippen molar-refractivity contribution in [1.82, 2.24) is 4.90 Å². The number of carboxylic acids is 1. The van der Waals surface area contributed by atoms with E-state index in [-0.39, 0.29) is 5.91 Å². The minimum atomic E-state index is -0.928. The predicted octanol–water partition coefficient (Wildman–Crippen LogP) is 2.74. The van der Waals surface area contributed by atoms with Crippen LogP contribution in [0.15, 0.2) is 22.7 Å². The van der Waals surface area contributed by atoms with E-state index in [9.17, 15) is 9.59 Å². The fraction of sp³-hybridized carbons (Fsp3) is 0.333. The van der Waals surface area contributed by atoms with Gasteiger partial charge in [-0.25, -0.2) is 4.79 Å². The van der Waals surface area contributed by atoms with Crippen molar-refractivity contribution >= 4 is 50.4 Å². The smallest absolute Gasteiger partial charge is 0.326 e. The highest BCUT2D eigenvalue weighted by Crippen LogP contribution is 2.25. The summed E-state index contributed by atoms with van der Waals surface area (Å²) in [5, 5.41) is 9.10. The van der Waals surface area contributed by atoms with Gasteiger partial charge in [-0.1, -0.05) is 0 Å². The van der Waals surface area contributed by atoms with E-state index in [1.807, 2.05) is 6.07 Å². The normalized spacial score (nSPS) is 19.0. The van der Waals surface area contributed by atoms with Gasteiger partial charge in [0.2, 0.25) is 0 Å². The van der Waals surface area contributed by atoms with Crippen molar-refractivity contribution in [3.05, 3.63) is 31.8 Å². The number of nitrogens with zero attached hydrogens (tertiary/aromatic N) is 1. The summed E-state index contributed by atoms with van der Waals surface area (Å²) < 4.78 is 1.65. The quantitative estimate of drug-likeness (QED) is 0.744. The second-order valence-electron chi connectivity index (χ2n) is 4.12. The minimum Gasteiger partial charge on any atom is -0.480 e. The zero-order valence-corrected chi connectivity index (χ0v) is 13.1. The van der Waals surface area contributed by atoms with Gasteiger partial charge in [-0.15, -0.1) is 0 Å². The number of benzene rings is 1. The first-order valence-corrected chi connectivity index (χ1v) is 7.36. The number of halogens is 2. The van der Waals surface area contributed by atoms with E-state index in [2.05, 4.69) is 38.5 Å². The number of carbonyl (C=O) groups is 2. The molecule has 4 nitrogen and oxygen atoms in total. The van der Waals surface area contributed by atoms with Crippen molar-refractivity contribution in [2.45, 2.75) is 18.9 Å². The molecule has 1 aliphatic rings. The van der Waals surface area contributed by atoms with Gasteiger partial charge in [-0.2, -0.15) is 0 Å². The molecule has 1 unspecified atom stereocenters. The summed E-state index contributed by atoms with van der Waals surface area (Å²) in [6.45, 7) is 0.508. The van der Waals surface area contributed by atoms with Crippen LogP contribution in [0.25, 0.3) is 0 Å². The van der Waals surface area contributed by atoms with Crippen molar-refractivity contribution in [3.8, 4) is 0 Å². The Balaban J connectivity index is 2.31. The van der Waals surface area contributed by atoms with Crippen LogP contribution in [0, 0.1) is 3.57 Å². The van der Waals surface area contributed by atoms with Crippen LogP contribution < -0.4 is 0 Å². The largest absolute Gasteiger partial charge is 0.480 e. The molecule has 96 valence electrons. The summed E-state index contributed by atoms with van der Waals surface area (Å²) in [7, 11) is 0. The maximum absolute atomic E-state index is 12.4. The minimum absolute atomic E-state index is 0.217. The molecule has 0 aliphatic carbocycles. The number of hydrogen-bond donors (Lipinski definition) is 1. The maximum atomic E-state index is 12.4. The third-order valence-corrected chi connectivity index (χ3v) is 4.32. The maximum Gasteiger partial charge on any atom is 0.326 e. The molecule has 1 heterocycles. The lowest BCUT2D eigenvalue weighted by molar-refractivity contribution is -0.141. The molecule has 0 aromatic heterocycles. The molecule has 1 atom stereocenters. The Morgan fingerprint density at radius 2 is 2.17 bits per heavy atom. The lowest BCUT2D eigenvalue weighted by Gasteiger charge is -2.22. The van der Waals surface area contributed by atoms with Gasteiger partial charge in [0.1, 0.15) is 6.04 Å². The molecular formula is C12H11BrINO3. The van der Waals surface area contributed by atoms with Gasteiger partial charge in [0, 0.05) is 14.6 Å². The summed E-state index contributed by atoms with van der Waals surface area (Å²) in [6, 6.07) is 4.77. The molecule has 18 heavy (non-hydrogen) atoms. The average Bonchev–Trinajstić information content (AvgIpc) is 2.80. The van der Waals surface area contributed by atoms with Crippen LogP contribution in [0.4, 0.5) is 0 Å². The molecule has 0 radical (unpaired) electrons. The number of carboxylic acid groups (broad SMARTS) is 1. The van der Waals surface area contributed by atoms with Crippen LogP contribution in [-0.4, -0.2) is 34.5 Å². The SMILES string of the molecule is O=C(O)C1CCCN1C(=O)c1cc(I)ccc1Br. The van der Waals surface area contributed by atoms with Crippen LogP contribution in [0.1, 0.15) is 23.2 Å². The van der Waals surface area contributed by atoms with E-state index >= 15 is 0 Å². The third kappa shape index (κ3) is 2.69. The molecule has 1 aliphatic heterocycles. The van der Waals surface area contributed by atoms with Crippen LogP contribution in [0.2, 0.25) is 0 Å². The van der Waals surface area contributed by atoms with Crippen molar-refractivity contribution in [2.24, 2.45) is 0 Å². The third-order valence-electron chi connectivity index (χ3n) is 2.96. The molecule has 0 spiro atoms. The first kappa shape index (κ1) is 13.8. The van der Waals surface area contributed by atoms with E-state index < -0.39 is 12.0 Å². The Hall–Kier alpha value is -0.630. The molecule has 1 aromatic carbocycles. The monoisotopic (exact) mass is 423 g/mol. The van der Waals surface area contributed by atoms with E-state index in [4.69, 9.17) is 5.11 Å². The van der Waals surface area contributed by atoms with E-state index in [1.54, 1.807) is 12.1 Å². The molecule has 1 fully saturated rings. The van der Waals surface area contributed by atoms with Crippen molar-refractivity contribution < 1.29 is 14.7 Å². The average molecular weight is 424 g/mol. The molecule has 6 heteroatoms. The molecule has 0 bridgehead atoms. The van der Waals surface area contributed by atoms with E-state index in [0.29, 0.717) is 23.0 Å². The highest BCUT2D eigenvalue weighted by molar-refractivity contribution is 14.1. The van der Waals surface area contributed by atoms with E-state index in [1.165, 1.54) is 4.90 Å². The zero-order valence-electron chi connectivity index (χ0n) is 9.40.